The van der Waals surface area contributed by atoms with E-state index in [0.717, 1.165) is 24.2 Å². The molecule has 0 aliphatic carbocycles. The van der Waals surface area contributed by atoms with Crippen LogP contribution in [0.15, 0.2) is 53.7 Å². The van der Waals surface area contributed by atoms with E-state index in [1.165, 1.54) is 12.3 Å². The van der Waals surface area contributed by atoms with Crippen molar-refractivity contribution in [3.63, 3.8) is 0 Å². The lowest BCUT2D eigenvalue weighted by molar-refractivity contribution is -0.115. The summed E-state index contributed by atoms with van der Waals surface area (Å²) in [6, 6.07) is 9.30. The lowest BCUT2D eigenvalue weighted by Crippen LogP contribution is -2.15. The Kier molecular flexibility index (Phi) is 6.28. The van der Waals surface area contributed by atoms with E-state index in [2.05, 4.69) is 10.4 Å². The van der Waals surface area contributed by atoms with Crippen molar-refractivity contribution >= 4 is 35.1 Å². The Morgan fingerprint density at radius 3 is 2.71 bits per heavy atom. The Hall–Kier alpha value is -2.49. The Morgan fingerprint density at radius 1 is 1.32 bits per heavy atom. The zero-order valence-corrected chi connectivity index (χ0v) is 15.8. The molecule has 3 rings (SSSR count). The van der Waals surface area contributed by atoms with Crippen LogP contribution in [-0.2, 0) is 11.2 Å². The second kappa shape index (κ2) is 8.68. The second-order valence-electron chi connectivity index (χ2n) is 5.75. The van der Waals surface area contributed by atoms with Crippen molar-refractivity contribution in [2.45, 2.75) is 17.9 Å². The van der Waals surface area contributed by atoms with Crippen LogP contribution in [-0.4, -0.2) is 15.7 Å². The topological polar surface area (TPSA) is 72.9 Å². The summed E-state index contributed by atoms with van der Waals surface area (Å²) in [4.78, 5) is 12.6. The third kappa shape index (κ3) is 4.49. The smallest absolute Gasteiger partial charge is 0.323 e. The molecule has 0 aliphatic rings. The molecule has 2 aromatic carbocycles. The number of aromatic nitrogens is 2. The van der Waals surface area contributed by atoms with E-state index < -0.39 is 18.3 Å². The number of alkyl halides is 2. The molecule has 0 atom stereocenters. The molecule has 28 heavy (non-hydrogen) atoms. The van der Waals surface area contributed by atoms with Gasteiger partial charge in [0.1, 0.15) is 5.82 Å². The van der Waals surface area contributed by atoms with E-state index in [1.807, 2.05) is 0 Å². The third-order valence-corrected chi connectivity index (χ3v) is 4.85. The summed E-state index contributed by atoms with van der Waals surface area (Å²) in [5, 5.41) is 12.1. The monoisotopic (exact) mass is 426 g/mol. The number of benzene rings is 2. The minimum atomic E-state index is -2.81. The van der Waals surface area contributed by atoms with Gasteiger partial charge in [-0.25, -0.2) is 9.07 Å². The molecule has 0 unspecified atom stereocenters. The predicted molar refractivity (Wildman–Crippen MR) is 103 cm³/mol. The summed E-state index contributed by atoms with van der Waals surface area (Å²) < 4.78 is 40.4. The van der Waals surface area contributed by atoms with Gasteiger partial charge >= 0.3 is 6.55 Å². The fraction of sp³-hybridized carbons (Fsp3) is 0.111. The fourth-order valence-corrected chi connectivity index (χ4v) is 3.26. The van der Waals surface area contributed by atoms with E-state index in [1.54, 1.807) is 24.3 Å². The van der Waals surface area contributed by atoms with Gasteiger partial charge in [0.05, 0.1) is 18.3 Å². The van der Waals surface area contributed by atoms with Gasteiger partial charge in [-0.3, -0.25) is 9.93 Å². The molecule has 3 aromatic rings. The standard InChI is InChI=1S/C18H14ClF3N4OS/c19-13-4-2-1-3-10(13)5-17(27)25-15-7-16(28-23)12(6-14(15)20)11-8-24-26(9-11)18(21)22/h1-4,6-9,18H,5,23H2,(H,25,27). The minimum absolute atomic E-state index is 0.0346. The van der Waals surface area contributed by atoms with E-state index in [0.29, 0.717) is 25.7 Å². The first-order valence-electron chi connectivity index (χ1n) is 7.95. The molecule has 10 heteroatoms. The van der Waals surface area contributed by atoms with Crippen LogP contribution < -0.4 is 10.5 Å². The van der Waals surface area contributed by atoms with E-state index in [-0.39, 0.29) is 17.7 Å². The molecular weight excluding hydrogens is 413 g/mol. The maximum atomic E-state index is 14.5. The van der Waals surface area contributed by atoms with Crippen molar-refractivity contribution in [2.24, 2.45) is 5.14 Å². The van der Waals surface area contributed by atoms with E-state index >= 15 is 0 Å². The molecule has 0 radical (unpaired) electrons. The molecule has 0 aliphatic heterocycles. The molecule has 0 saturated heterocycles. The first kappa shape index (κ1) is 20.2. The number of hydrogen-bond acceptors (Lipinski definition) is 4. The molecule has 0 fully saturated rings. The number of carbonyl (C=O) groups excluding carboxylic acids is 1. The van der Waals surface area contributed by atoms with Gasteiger partial charge in [-0.05, 0) is 35.7 Å². The first-order chi connectivity index (χ1) is 13.4. The van der Waals surface area contributed by atoms with Crippen molar-refractivity contribution in [1.82, 2.24) is 9.78 Å². The molecule has 1 heterocycles. The van der Waals surface area contributed by atoms with Crippen molar-refractivity contribution in [2.75, 3.05) is 5.32 Å². The molecule has 1 aromatic heterocycles. The fourth-order valence-electron chi connectivity index (χ4n) is 2.57. The van der Waals surface area contributed by atoms with E-state index in [9.17, 15) is 18.0 Å². The molecule has 0 bridgehead atoms. The average molecular weight is 427 g/mol. The van der Waals surface area contributed by atoms with Gasteiger partial charge in [0.15, 0.2) is 0 Å². The zero-order valence-electron chi connectivity index (χ0n) is 14.2. The van der Waals surface area contributed by atoms with Gasteiger partial charge in [0.25, 0.3) is 0 Å². The van der Waals surface area contributed by atoms with Crippen LogP contribution in [0.2, 0.25) is 5.02 Å². The number of rotatable bonds is 6. The van der Waals surface area contributed by atoms with Gasteiger partial charge in [-0.2, -0.15) is 13.9 Å². The largest absolute Gasteiger partial charge is 0.333 e. The lowest BCUT2D eigenvalue weighted by atomic mass is 10.1. The number of nitrogens with one attached hydrogen (secondary N) is 1. The summed E-state index contributed by atoms with van der Waals surface area (Å²) in [5.74, 6) is -1.19. The molecular formula is C18H14ClF3N4OS. The van der Waals surface area contributed by atoms with Crippen LogP contribution in [0.1, 0.15) is 12.1 Å². The number of nitrogens with zero attached hydrogens (tertiary/aromatic N) is 2. The molecule has 146 valence electrons. The zero-order chi connectivity index (χ0) is 20.3. The number of amides is 1. The van der Waals surface area contributed by atoms with Crippen molar-refractivity contribution in [3.8, 4) is 11.1 Å². The van der Waals surface area contributed by atoms with Crippen LogP contribution in [0, 0.1) is 5.82 Å². The van der Waals surface area contributed by atoms with Gasteiger partial charge in [-0.1, -0.05) is 29.8 Å². The highest BCUT2D eigenvalue weighted by atomic mass is 35.5. The van der Waals surface area contributed by atoms with E-state index in [4.69, 9.17) is 16.7 Å². The van der Waals surface area contributed by atoms with Gasteiger partial charge in [0, 0.05) is 27.2 Å². The molecule has 5 nitrogen and oxygen atoms in total. The Morgan fingerprint density at radius 2 is 2.07 bits per heavy atom. The summed E-state index contributed by atoms with van der Waals surface area (Å²) in [7, 11) is 0. The van der Waals surface area contributed by atoms with Crippen molar-refractivity contribution in [3.05, 3.63) is 65.2 Å². The number of nitrogens with two attached hydrogens (primary N) is 1. The average Bonchev–Trinajstić information content (AvgIpc) is 3.15. The number of anilines is 1. The van der Waals surface area contributed by atoms with Crippen LogP contribution in [0.4, 0.5) is 18.9 Å². The van der Waals surface area contributed by atoms with Crippen LogP contribution >= 0.6 is 23.5 Å². The first-order valence-corrected chi connectivity index (χ1v) is 9.21. The summed E-state index contributed by atoms with van der Waals surface area (Å²) in [6.07, 6.45) is 2.25. The highest BCUT2D eigenvalue weighted by molar-refractivity contribution is 7.97. The molecule has 0 spiro atoms. The lowest BCUT2D eigenvalue weighted by Gasteiger charge is -2.12. The predicted octanol–water partition coefficient (Wildman–Crippen LogP) is 4.88. The molecule has 1 amide bonds. The van der Waals surface area contributed by atoms with Gasteiger partial charge in [0.2, 0.25) is 5.91 Å². The third-order valence-electron chi connectivity index (χ3n) is 3.89. The number of hydrogen-bond donors (Lipinski definition) is 2. The number of carbonyl (C=O) groups is 1. The molecule has 0 saturated carbocycles. The SMILES string of the molecule is NSc1cc(NC(=O)Cc2ccccc2Cl)c(F)cc1-c1cnn(C(F)F)c1. The van der Waals surface area contributed by atoms with Crippen molar-refractivity contribution in [1.29, 1.82) is 0 Å². The summed E-state index contributed by atoms with van der Waals surface area (Å²) in [6.45, 7) is -2.81. The van der Waals surface area contributed by atoms with Gasteiger partial charge < -0.3 is 5.32 Å². The van der Waals surface area contributed by atoms with Crippen LogP contribution in [0.25, 0.3) is 11.1 Å². The van der Waals surface area contributed by atoms with Crippen LogP contribution in [0.3, 0.4) is 0 Å². The quantitative estimate of drug-likeness (QED) is 0.551. The van der Waals surface area contributed by atoms with Crippen LogP contribution in [0.5, 0.6) is 0 Å². The normalized spacial score (nSPS) is 11.1. The highest BCUT2D eigenvalue weighted by Crippen LogP contribution is 2.34. The maximum Gasteiger partial charge on any atom is 0.333 e. The summed E-state index contributed by atoms with van der Waals surface area (Å²) in [5.41, 5.74) is 1.10. The Balaban J connectivity index is 1.84. The Labute approximate surface area is 167 Å². The Bertz CT molecular complexity index is 1010. The van der Waals surface area contributed by atoms with Crippen molar-refractivity contribution < 1.29 is 18.0 Å². The maximum absolute atomic E-state index is 14.5. The van der Waals surface area contributed by atoms with Gasteiger partial charge in [-0.15, -0.1) is 0 Å². The highest BCUT2D eigenvalue weighted by Gasteiger charge is 2.17. The minimum Gasteiger partial charge on any atom is -0.323 e. The summed E-state index contributed by atoms with van der Waals surface area (Å²) >= 11 is 6.83. The second-order valence-corrected chi connectivity index (χ2v) is 6.83. The molecule has 3 N–H and O–H groups in total. The number of halogens is 4.